The van der Waals surface area contributed by atoms with Crippen molar-refractivity contribution in [3.05, 3.63) is 89.9 Å². The fourth-order valence-electron chi connectivity index (χ4n) is 4.38. The van der Waals surface area contributed by atoms with E-state index in [0.717, 1.165) is 11.3 Å². The van der Waals surface area contributed by atoms with Crippen LogP contribution in [0.15, 0.2) is 83.0 Å². The van der Waals surface area contributed by atoms with Gasteiger partial charge < -0.3 is 24.1 Å². The molecule has 0 radical (unpaired) electrons. The lowest BCUT2D eigenvalue weighted by Gasteiger charge is -2.35. The van der Waals surface area contributed by atoms with Crippen LogP contribution < -0.4 is 24.4 Å². The third-order valence-electron chi connectivity index (χ3n) is 6.25. The quantitative estimate of drug-likeness (QED) is 0.361. The molecule has 3 aromatic carbocycles. The van der Waals surface area contributed by atoms with E-state index < -0.39 is 6.04 Å². The second-order valence-corrected chi connectivity index (χ2v) is 8.32. The van der Waals surface area contributed by atoms with Crippen LogP contribution in [-0.4, -0.2) is 37.5 Å². The van der Waals surface area contributed by atoms with Crippen molar-refractivity contribution in [2.24, 2.45) is 0 Å². The van der Waals surface area contributed by atoms with E-state index in [9.17, 15) is 4.79 Å². The normalized spacial score (nSPS) is 15.4. The van der Waals surface area contributed by atoms with Crippen molar-refractivity contribution in [3.63, 3.8) is 0 Å². The molecule has 188 valence electrons. The smallest absolute Gasteiger partial charge is 0.326 e. The van der Waals surface area contributed by atoms with Gasteiger partial charge >= 0.3 is 6.03 Å². The first-order chi connectivity index (χ1) is 18.0. The molecule has 2 amide bonds. The van der Waals surface area contributed by atoms with Gasteiger partial charge in [-0.15, -0.1) is 0 Å². The molecule has 0 bridgehead atoms. The summed E-state index contributed by atoms with van der Waals surface area (Å²) in [4.78, 5) is 19.6. The number of nitrogens with one attached hydrogen (secondary N) is 1. The first-order valence-corrected chi connectivity index (χ1v) is 11.6. The molecule has 0 fully saturated rings. The number of methoxy groups -OCH3 is 3. The Labute approximate surface area is 214 Å². The molecule has 2 heterocycles. The number of hydrogen-bond donors (Lipinski definition) is 1. The van der Waals surface area contributed by atoms with Crippen molar-refractivity contribution >= 4 is 17.3 Å². The van der Waals surface area contributed by atoms with E-state index in [1.54, 1.807) is 38.4 Å². The van der Waals surface area contributed by atoms with Crippen molar-refractivity contribution in [1.82, 2.24) is 15.5 Å². The fourth-order valence-corrected chi connectivity index (χ4v) is 4.38. The van der Waals surface area contributed by atoms with Gasteiger partial charge in [-0.2, -0.15) is 4.98 Å². The van der Waals surface area contributed by atoms with Crippen LogP contribution in [-0.2, 0) is 0 Å². The molecule has 1 aromatic heterocycles. The van der Waals surface area contributed by atoms with Gasteiger partial charge in [-0.05, 0) is 55.0 Å². The molecule has 9 heteroatoms. The third kappa shape index (κ3) is 4.47. The number of amides is 2. The molecule has 0 aliphatic carbocycles. The molecule has 0 spiro atoms. The molecule has 5 rings (SSSR count). The number of ether oxygens (including phenoxy) is 3. The summed E-state index contributed by atoms with van der Waals surface area (Å²) in [7, 11) is 4.76. The number of allylic oxidation sites excluding steroid dienone is 1. The second kappa shape index (κ2) is 10.1. The van der Waals surface area contributed by atoms with Gasteiger partial charge in [-0.1, -0.05) is 35.5 Å². The Morgan fingerprint density at radius 2 is 1.62 bits per heavy atom. The Hall–Kier alpha value is -4.79. The number of aromatic nitrogens is 2. The highest BCUT2D eigenvalue weighted by atomic mass is 16.5. The predicted octanol–water partition coefficient (Wildman–Crippen LogP) is 5.46. The minimum atomic E-state index is -0.517. The molecule has 1 N–H and O–H groups in total. The van der Waals surface area contributed by atoms with Crippen LogP contribution in [0.5, 0.6) is 17.2 Å². The van der Waals surface area contributed by atoms with E-state index in [0.29, 0.717) is 45.8 Å². The molecule has 9 nitrogen and oxygen atoms in total. The summed E-state index contributed by atoms with van der Waals surface area (Å²) < 4.78 is 21.8. The van der Waals surface area contributed by atoms with Gasteiger partial charge in [-0.3, -0.25) is 4.90 Å². The summed E-state index contributed by atoms with van der Waals surface area (Å²) >= 11 is 0. The lowest BCUT2D eigenvalue weighted by molar-refractivity contribution is 0.244. The first kappa shape index (κ1) is 23.9. The second-order valence-electron chi connectivity index (χ2n) is 8.32. The molecule has 1 aliphatic rings. The van der Waals surface area contributed by atoms with E-state index >= 15 is 0 Å². The predicted molar refractivity (Wildman–Crippen MR) is 139 cm³/mol. The largest absolute Gasteiger partial charge is 0.497 e. The standard InChI is InChI=1S/C28H26N4O5/c1-17-24(27-30-26(31-37-27)19-12-15-22(35-3)23(16-19)36-4)25(18-10-13-21(34-2)14-11-18)29-28(33)32(17)20-8-6-5-7-9-20/h5-16,25H,1-4H3,(H,29,33). The number of hydrogen-bond acceptors (Lipinski definition) is 7. The van der Waals surface area contributed by atoms with E-state index in [-0.39, 0.29) is 6.03 Å². The van der Waals surface area contributed by atoms with Crippen LogP contribution in [0.3, 0.4) is 0 Å². The maximum Gasteiger partial charge on any atom is 0.326 e. The van der Waals surface area contributed by atoms with Gasteiger partial charge in [0, 0.05) is 11.3 Å². The minimum absolute atomic E-state index is 0.257. The van der Waals surface area contributed by atoms with Gasteiger partial charge in [0.05, 0.1) is 38.6 Å². The zero-order chi connectivity index (χ0) is 25.9. The summed E-state index contributed by atoms with van der Waals surface area (Å²) in [5, 5.41) is 7.34. The summed E-state index contributed by atoms with van der Waals surface area (Å²) in [5.74, 6) is 2.55. The average Bonchev–Trinajstić information content (AvgIpc) is 3.42. The van der Waals surface area contributed by atoms with Crippen LogP contribution in [0, 0.1) is 0 Å². The highest BCUT2D eigenvalue weighted by Crippen LogP contribution is 2.40. The third-order valence-corrected chi connectivity index (χ3v) is 6.25. The van der Waals surface area contributed by atoms with Gasteiger partial charge in [0.1, 0.15) is 5.75 Å². The van der Waals surface area contributed by atoms with Crippen molar-refractivity contribution in [2.75, 3.05) is 26.2 Å². The lowest BCUT2D eigenvalue weighted by atomic mass is 9.94. The molecule has 1 atom stereocenters. The molecular formula is C28H26N4O5. The summed E-state index contributed by atoms with van der Waals surface area (Å²) in [6, 6.07) is 21.5. The Kier molecular flexibility index (Phi) is 6.51. The fraction of sp³-hybridized carbons (Fsp3) is 0.179. The van der Waals surface area contributed by atoms with Gasteiger partial charge in [-0.25, -0.2) is 4.79 Å². The first-order valence-electron chi connectivity index (χ1n) is 11.6. The van der Waals surface area contributed by atoms with Crippen LogP contribution in [0.2, 0.25) is 0 Å². The molecule has 1 unspecified atom stereocenters. The Morgan fingerprint density at radius 3 is 2.30 bits per heavy atom. The molecule has 0 saturated heterocycles. The lowest BCUT2D eigenvalue weighted by Crippen LogP contribution is -2.46. The van der Waals surface area contributed by atoms with Crippen LogP contribution in [0.4, 0.5) is 10.5 Å². The summed E-state index contributed by atoms with van der Waals surface area (Å²) in [5.41, 5.74) is 3.64. The molecule has 0 saturated carbocycles. The van der Waals surface area contributed by atoms with E-state index in [4.69, 9.17) is 23.7 Å². The maximum atomic E-state index is 13.3. The van der Waals surface area contributed by atoms with Crippen LogP contribution in [0.1, 0.15) is 24.4 Å². The van der Waals surface area contributed by atoms with Crippen molar-refractivity contribution < 1.29 is 23.5 Å². The number of nitrogens with zero attached hydrogens (tertiary/aromatic N) is 3. The van der Waals surface area contributed by atoms with Crippen molar-refractivity contribution in [2.45, 2.75) is 13.0 Å². The molecule has 1 aliphatic heterocycles. The Bertz CT molecular complexity index is 1450. The summed E-state index contributed by atoms with van der Waals surface area (Å²) in [6.45, 7) is 1.87. The van der Waals surface area contributed by atoms with E-state index in [1.807, 2.05) is 67.6 Å². The van der Waals surface area contributed by atoms with Gasteiger partial charge in [0.15, 0.2) is 11.5 Å². The SMILES string of the molecule is COc1ccc(C2NC(=O)N(c3ccccc3)C(C)=C2c2nc(-c3ccc(OC)c(OC)c3)no2)cc1. The van der Waals surface area contributed by atoms with E-state index in [1.165, 1.54) is 0 Å². The number of benzene rings is 3. The maximum absolute atomic E-state index is 13.3. The topological polar surface area (TPSA) is 99.0 Å². The number of rotatable bonds is 7. The van der Waals surface area contributed by atoms with Crippen LogP contribution in [0.25, 0.3) is 17.0 Å². The van der Waals surface area contributed by atoms with E-state index in [2.05, 4.69) is 10.5 Å². The zero-order valence-corrected chi connectivity index (χ0v) is 20.9. The monoisotopic (exact) mass is 498 g/mol. The molecule has 37 heavy (non-hydrogen) atoms. The average molecular weight is 499 g/mol. The molecule has 4 aromatic rings. The number of carbonyl (C=O) groups excluding carboxylic acids is 1. The Balaban J connectivity index is 1.62. The number of carbonyl (C=O) groups is 1. The summed E-state index contributed by atoms with van der Waals surface area (Å²) in [6.07, 6.45) is 0. The highest BCUT2D eigenvalue weighted by Gasteiger charge is 2.36. The van der Waals surface area contributed by atoms with Crippen molar-refractivity contribution in [1.29, 1.82) is 0 Å². The number of para-hydroxylation sites is 1. The zero-order valence-electron chi connectivity index (χ0n) is 20.9. The highest BCUT2D eigenvalue weighted by molar-refractivity contribution is 6.01. The number of urea groups is 1. The minimum Gasteiger partial charge on any atom is -0.497 e. The van der Waals surface area contributed by atoms with Gasteiger partial charge in [0.25, 0.3) is 5.89 Å². The number of anilines is 1. The van der Waals surface area contributed by atoms with Crippen molar-refractivity contribution in [3.8, 4) is 28.6 Å². The van der Waals surface area contributed by atoms with Gasteiger partial charge in [0.2, 0.25) is 5.82 Å². The van der Waals surface area contributed by atoms with Crippen LogP contribution >= 0.6 is 0 Å². The Morgan fingerprint density at radius 1 is 0.892 bits per heavy atom. The molecular weight excluding hydrogens is 472 g/mol.